The average Bonchev–Trinajstić information content (AvgIpc) is 3.00. The smallest absolute Gasteiger partial charge is 0.332 e. The van der Waals surface area contributed by atoms with E-state index in [1.54, 1.807) is 16.8 Å². The summed E-state index contributed by atoms with van der Waals surface area (Å²) in [6, 6.07) is 16.3. The van der Waals surface area contributed by atoms with Crippen LogP contribution in [-0.4, -0.2) is 22.0 Å². The first kappa shape index (κ1) is 15.8. The van der Waals surface area contributed by atoms with Crippen molar-refractivity contribution in [3.63, 3.8) is 0 Å². The molecule has 0 radical (unpaired) electrons. The van der Waals surface area contributed by atoms with E-state index in [0.29, 0.717) is 10.7 Å². The van der Waals surface area contributed by atoms with Crippen molar-refractivity contribution in [3.05, 3.63) is 71.4 Å². The molecule has 1 aromatic heterocycles. The monoisotopic (exact) mass is 339 g/mol. The van der Waals surface area contributed by atoms with Gasteiger partial charge in [-0.15, -0.1) is 0 Å². The Labute approximate surface area is 143 Å². The molecule has 0 fully saturated rings. The Kier molecular flexibility index (Phi) is 4.58. The van der Waals surface area contributed by atoms with Crippen molar-refractivity contribution in [1.82, 2.24) is 15.2 Å². The van der Waals surface area contributed by atoms with Gasteiger partial charge in [-0.3, -0.25) is 0 Å². The van der Waals surface area contributed by atoms with Gasteiger partial charge in [-0.25, -0.2) is 14.9 Å². The quantitative estimate of drug-likeness (QED) is 0.565. The number of aromatic nitrogens is 2. The third kappa shape index (κ3) is 3.61. The van der Waals surface area contributed by atoms with Gasteiger partial charge in [0.2, 0.25) is 0 Å². The maximum absolute atomic E-state index is 10.8. The van der Waals surface area contributed by atoms with Crippen LogP contribution in [0.25, 0.3) is 16.9 Å². The molecule has 6 nitrogen and oxygen atoms in total. The number of rotatable bonds is 4. The average molecular weight is 340 g/mol. The number of nitrogens with one attached hydrogen (secondary N) is 1. The van der Waals surface area contributed by atoms with Gasteiger partial charge in [0.1, 0.15) is 5.69 Å². The van der Waals surface area contributed by atoms with Crippen LogP contribution in [0.15, 0.2) is 65.9 Å². The molecule has 0 aliphatic carbocycles. The predicted octanol–water partition coefficient (Wildman–Crippen LogP) is 3.19. The third-order valence-electron chi connectivity index (χ3n) is 3.26. The van der Waals surface area contributed by atoms with E-state index >= 15 is 0 Å². The third-order valence-corrected chi connectivity index (χ3v) is 3.51. The van der Waals surface area contributed by atoms with E-state index in [2.05, 4.69) is 15.6 Å². The molecular weight excluding hydrogens is 326 g/mol. The van der Waals surface area contributed by atoms with Crippen LogP contribution < -0.4 is 11.2 Å². The highest BCUT2D eigenvalue weighted by molar-refractivity contribution is 6.30. The number of amides is 2. The molecule has 120 valence electrons. The van der Waals surface area contributed by atoms with Crippen LogP contribution >= 0.6 is 11.6 Å². The van der Waals surface area contributed by atoms with Crippen LogP contribution in [0.4, 0.5) is 4.79 Å². The SMILES string of the molecule is NC(=O)N/N=C/c1cn(-c2ccccc2)nc1-c1ccc(Cl)cc1. The molecule has 24 heavy (non-hydrogen) atoms. The fourth-order valence-corrected chi connectivity index (χ4v) is 2.32. The first-order chi connectivity index (χ1) is 11.6. The van der Waals surface area contributed by atoms with Crippen molar-refractivity contribution in [1.29, 1.82) is 0 Å². The summed E-state index contributed by atoms with van der Waals surface area (Å²) < 4.78 is 1.75. The molecule has 2 aromatic carbocycles. The van der Waals surface area contributed by atoms with Crippen LogP contribution in [0.2, 0.25) is 5.02 Å². The lowest BCUT2D eigenvalue weighted by Gasteiger charge is -2.00. The standard InChI is InChI=1S/C17H14ClN5O/c18-14-8-6-12(7-9-14)16-13(10-20-21-17(19)24)11-23(22-16)15-4-2-1-3-5-15/h1-11H,(H3,19,21,24)/b20-10+. The van der Waals surface area contributed by atoms with Gasteiger partial charge < -0.3 is 5.73 Å². The van der Waals surface area contributed by atoms with Gasteiger partial charge in [0.25, 0.3) is 0 Å². The molecule has 3 rings (SSSR count). The summed E-state index contributed by atoms with van der Waals surface area (Å²) in [5, 5.41) is 9.08. The van der Waals surface area contributed by atoms with E-state index in [1.165, 1.54) is 6.21 Å². The molecule has 1 heterocycles. The van der Waals surface area contributed by atoms with E-state index in [4.69, 9.17) is 17.3 Å². The molecule has 0 unspecified atom stereocenters. The molecule has 7 heteroatoms. The van der Waals surface area contributed by atoms with Gasteiger partial charge in [-0.05, 0) is 24.3 Å². The Bertz CT molecular complexity index is 872. The number of para-hydroxylation sites is 1. The second-order valence-electron chi connectivity index (χ2n) is 4.95. The number of hydrazone groups is 1. The molecule has 0 atom stereocenters. The Hall–Kier alpha value is -3.12. The Morgan fingerprint density at radius 1 is 1.17 bits per heavy atom. The molecule has 0 saturated heterocycles. The zero-order chi connectivity index (χ0) is 16.9. The molecule has 3 aromatic rings. The van der Waals surface area contributed by atoms with Crippen LogP contribution in [0.3, 0.4) is 0 Å². The Morgan fingerprint density at radius 3 is 2.54 bits per heavy atom. The minimum atomic E-state index is -0.727. The van der Waals surface area contributed by atoms with E-state index in [0.717, 1.165) is 16.8 Å². The normalized spacial score (nSPS) is 10.9. The van der Waals surface area contributed by atoms with E-state index < -0.39 is 6.03 Å². The number of benzene rings is 2. The Balaban J connectivity index is 2.04. The summed E-state index contributed by atoms with van der Waals surface area (Å²) in [6.45, 7) is 0. The number of halogens is 1. The fraction of sp³-hybridized carbons (Fsp3) is 0. The summed E-state index contributed by atoms with van der Waals surface area (Å²) in [5.74, 6) is 0. The van der Waals surface area contributed by atoms with Crippen LogP contribution in [0.5, 0.6) is 0 Å². The van der Waals surface area contributed by atoms with E-state index in [1.807, 2.05) is 48.7 Å². The summed E-state index contributed by atoms with van der Waals surface area (Å²) in [7, 11) is 0. The van der Waals surface area contributed by atoms with Gasteiger partial charge in [-0.1, -0.05) is 41.9 Å². The number of carbonyl (C=O) groups is 1. The highest BCUT2D eigenvalue weighted by Crippen LogP contribution is 2.24. The lowest BCUT2D eigenvalue weighted by molar-refractivity contribution is 0.249. The second-order valence-corrected chi connectivity index (χ2v) is 5.39. The minimum absolute atomic E-state index is 0.645. The highest BCUT2D eigenvalue weighted by atomic mass is 35.5. The molecule has 0 aliphatic rings. The van der Waals surface area contributed by atoms with Gasteiger partial charge in [0, 0.05) is 22.3 Å². The van der Waals surface area contributed by atoms with Gasteiger partial charge in [0.15, 0.2) is 0 Å². The number of hydrogen-bond acceptors (Lipinski definition) is 3. The number of urea groups is 1. The van der Waals surface area contributed by atoms with Crippen molar-refractivity contribution < 1.29 is 4.79 Å². The maximum atomic E-state index is 10.8. The maximum Gasteiger partial charge on any atom is 0.332 e. The van der Waals surface area contributed by atoms with Gasteiger partial charge in [-0.2, -0.15) is 10.2 Å². The molecule has 0 spiro atoms. The van der Waals surface area contributed by atoms with E-state index in [9.17, 15) is 4.79 Å². The molecule has 0 saturated carbocycles. The van der Waals surface area contributed by atoms with Crippen molar-refractivity contribution in [2.24, 2.45) is 10.8 Å². The molecular formula is C17H14ClN5O. The van der Waals surface area contributed by atoms with Crippen molar-refractivity contribution in [2.75, 3.05) is 0 Å². The number of hydrogen-bond donors (Lipinski definition) is 2. The van der Waals surface area contributed by atoms with Crippen molar-refractivity contribution >= 4 is 23.8 Å². The summed E-state index contributed by atoms with van der Waals surface area (Å²) in [5.41, 5.74) is 10.4. The molecule has 0 aliphatic heterocycles. The van der Waals surface area contributed by atoms with Crippen molar-refractivity contribution in [3.8, 4) is 16.9 Å². The first-order valence-electron chi connectivity index (χ1n) is 7.13. The number of carbonyl (C=O) groups excluding carboxylic acids is 1. The van der Waals surface area contributed by atoms with Gasteiger partial charge >= 0.3 is 6.03 Å². The van der Waals surface area contributed by atoms with Crippen LogP contribution in [0.1, 0.15) is 5.56 Å². The topological polar surface area (TPSA) is 85.3 Å². The van der Waals surface area contributed by atoms with E-state index in [-0.39, 0.29) is 0 Å². The molecule has 2 amide bonds. The zero-order valence-electron chi connectivity index (χ0n) is 12.6. The minimum Gasteiger partial charge on any atom is -0.350 e. The summed E-state index contributed by atoms with van der Waals surface area (Å²) >= 11 is 5.95. The van der Waals surface area contributed by atoms with Crippen LogP contribution in [0, 0.1) is 0 Å². The lowest BCUT2D eigenvalue weighted by Crippen LogP contribution is -2.24. The summed E-state index contributed by atoms with van der Waals surface area (Å²) in [6.07, 6.45) is 3.33. The fourth-order valence-electron chi connectivity index (χ4n) is 2.19. The Morgan fingerprint density at radius 2 is 1.88 bits per heavy atom. The summed E-state index contributed by atoms with van der Waals surface area (Å²) in [4.78, 5) is 10.8. The number of primary amides is 1. The van der Waals surface area contributed by atoms with Crippen LogP contribution in [-0.2, 0) is 0 Å². The largest absolute Gasteiger partial charge is 0.350 e. The number of nitrogens with two attached hydrogens (primary N) is 1. The second kappa shape index (κ2) is 6.97. The van der Waals surface area contributed by atoms with Gasteiger partial charge in [0.05, 0.1) is 11.9 Å². The zero-order valence-corrected chi connectivity index (χ0v) is 13.3. The molecule has 3 N–H and O–H groups in total. The van der Waals surface area contributed by atoms with Crippen molar-refractivity contribution in [2.45, 2.75) is 0 Å². The number of nitrogens with zero attached hydrogens (tertiary/aromatic N) is 3. The lowest BCUT2D eigenvalue weighted by atomic mass is 10.1. The molecule has 0 bridgehead atoms. The first-order valence-corrected chi connectivity index (χ1v) is 7.51. The highest BCUT2D eigenvalue weighted by Gasteiger charge is 2.11. The predicted molar refractivity (Wildman–Crippen MR) is 94.3 cm³/mol.